The summed E-state index contributed by atoms with van der Waals surface area (Å²) in [5.41, 5.74) is 0. The van der Waals surface area contributed by atoms with Gasteiger partial charge in [-0.3, -0.25) is 0 Å². The van der Waals surface area contributed by atoms with E-state index in [0.29, 0.717) is 0 Å². The van der Waals surface area contributed by atoms with Gasteiger partial charge >= 0.3 is 0 Å². The number of fused-ring (bicyclic) bond motifs is 2. The SMILES string of the molecule is CNC(CC1CC2CCC1C2)C1CCC(C)CC1. The van der Waals surface area contributed by atoms with Crippen molar-refractivity contribution < 1.29 is 0 Å². The van der Waals surface area contributed by atoms with Crippen LogP contribution in [-0.4, -0.2) is 13.1 Å². The lowest BCUT2D eigenvalue weighted by atomic mass is 9.75. The molecule has 0 aliphatic heterocycles. The Morgan fingerprint density at radius 2 is 1.78 bits per heavy atom. The van der Waals surface area contributed by atoms with Gasteiger partial charge in [-0.25, -0.2) is 0 Å². The predicted molar refractivity (Wildman–Crippen MR) is 77.5 cm³/mol. The second kappa shape index (κ2) is 5.53. The fourth-order valence-electron chi connectivity index (χ4n) is 5.23. The molecule has 1 nitrogen and oxygen atoms in total. The van der Waals surface area contributed by atoms with Crippen LogP contribution in [-0.2, 0) is 0 Å². The molecular formula is C17H31N. The molecule has 1 N–H and O–H groups in total. The molecule has 0 spiro atoms. The molecule has 0 aromatic heterocycles. The maximum absolute atomic E-state index is 3.67. The highest BCUT2D eigenvalue weighted by atomic mass is 14.9. The quantitative estimate of drug-likeness (QED) is 0.786. The van der Waals surface area contributed by atoms with Crippen LogP contribution in [0.5, 0.6) is 0 Å². The molecule has 4 unspecified atom stereocenters. The minimum atomic E-state index is 0.821. The Hall–Kier alpha value is -0.0400. The van der Waals surface area contributed by atoms with E-state index >= 15 is 0 Å². The number of hydrogen-bond donors (Lipinski definition) is 1. The maximum Gasteiger partial charge on any atom is 0.00950 e. The van der Waals surface area contributed by atoms with Gasteiger partial charge in [0.05, 0.1) is 0 Å². The molecule has 104 valence electrons. The van der Waals surface area contributed by atoms with E-state index in [-0.39, 0.29) is 0 Å². The maximum atomic E-state index is 3.67. The first-order valence-corrected chi connectivity index (χ1v) is 8.43. The Morgan fingerprint density at radius 3 is 2.33 bits per heavy atom. The third-order valence-corrected chi connectivity index (χ3v) is 6.44. The molecule has 3 saturated carbocycles. The Bertz CT molecular complexity index is 267. The zero-order chi connectivity index (χ0) is 12.5. The van der Waals surface area contributed by atoms with Crippen LogP contribution < -0.4 is 5.32 Å². The van der Waals surface area contributed by atoms with E-state index in [0.717, 1.165) is 35.6 Å². The predicted octanol–water partition coefficient (Wildman–Crippen LogP) is 4.23. The minimum absolute atomic E-state index is 0.821. The fraction of sp³-hybridized carbons (Fsp3) is 1.00. The summed E-state index contributed by atoms with van der Waals surface area (Å²) in [6.07, 6.45) is 13.6. The second-order valence-corrected chi connectivity index (χ2v) is 7.59. The summed E-state index contributed by atoms with van der Waals surface area (Å²) in [6.45, 7) is 2.43. The highest BCUT2D eigenvalue weighted by molar-refractivity contribution is 4.93. The molecule has 18 heavy (non-hydrogen) atoms. The number of rotatable bonds is 4. The molecule has 2 bridgehead atoms. The van der Waals surface area contributed by atoms with E-state index in [9.17, 15) is 0 Å². The van der Waals surface area contributed by atoms with E-state index in [1.807, 2.05) is 0 Å². The van der Waals surface area contributed by atoms with Crippen molar-refractivity contribution in [3.63, 3.8) is 0 Å². The van der Waals surface area contributed by atoms with E-state index in [1.165, 1.54) is 32.1 Å². The van der Waals surface area contributed by atoms with Gasteiger partial charge in [0.15, 0.2) is 0 Å². The third kappa shape index (κ3) is 2.61. The van der Waals surface area contributed by atoms with Crippen LogP contribution in [0.15, 0.2) is 0 Å². The minimum Gasteiger partial charge on any atom is -0.317 e. The summed E-state index contributed by atoms with van der Waals surface area (Å²) in [6, 6.07) is 0.821. The van der Waals surface area contributed by atoms with Crippen molar-refractivity contribution in [3.05, 3.63) is 0 Å². The van der Waals surface area contributed by atoms with Crippen LogP contribution in [0.25, 0.3) is 0 Å². The molecule has 0 aromatic carbocycles. The van der Waals surface area contributed by atoms with E-state index in [2.05, 4.69) is 19.3 Å². The molecule has 0 heterocycles. The smallest absolute Gasteiger partial charge is 0.00950 e. The van der Waals surface area contributed by atoms with Gasteiger partial charge in [-0.15, -0.1) is 0 Å². The Labute approximate surface area is 113 Å². The van der Waals surface area contributed by atoms with Gasteiger partial charge in [0, 0.05) is 6.04 Å². The van der Waals surface area contributed by atoms with Crippen molar-refractivity contribution in [3.8, 4) is 0 Å². The highest BCUT2D eigenvalue weighted by Crippen LogP contribution is 2.50. The lowest BCUT2D eigenvalue weighted by Gasteiger charge is -2.35. The zero-order valence-electron chi connectivity index (χ0n) is 12.3. The summed E-state index contributed by atoms with van der Waals surface area (Å²) in [5.74, 6) is 5.25. The van der Waals surface area contributed by atoms with Crippen molar-refractivity contribution in [1.82, 2.24) is 5.32 Å². The van der Waals surface area contributed by atoms with Crippen molar-refractivity contribution in [2.45, 2.75) is 70.8 Å². The largest absolute Gasteiger partial charge is 0.317 e. The van der Waals surface area contributed by atoms with Gasteiger partial charge in [-0.05, 0) is 75.2 Å². The molecule has 0 radical (unpaired) electrons. The average molecular weight is 249 g/mol. The van der Waals surface area contributed by atoms with Crippen LogP contribution in [0, 0.1) is 29.6 Å². The molecule has 4 atom stereocenters. The monoisotopic (exact) mass is 249 g/mol. The molecule has 0 aromatic rings. The molecule has 0 amide bonds. The normalized spacial score (nSPS) is 45.3. The first-order chi connectivity index (χ1) is 8.76. The third-order valence-electron chi connectivity index (χ3n) is 6.44. The van der Waals surface area contributed by atoms with Gasteiger partial charge in [0.1, 0.15) is 0 Å². The van der Waals surface area contributed by atoms with Crippen molar-refractivity contribution in [2.75, 3.05) is 7.05 Å². The molecular weight excluding hydrogens is 218 g/mol. The lowest BCUT2D eigenvalue weighted by Crippen LogP contribution is -2.38. The first-order valence-electron chi connectivity index (χ1n) is 8.43. The van der Waals surface area contributed by atoms with Crippen LogP contribution in [0.4, 0.5) is 0 Å². The summed E-state index contributed by atoms with van der Waals surface area (Å²) in [7, 11) is 2.20. The van der Waals surface area contributed by atoms with Crippen molar-refractivity contribution in [1.29, 1.82) is 0 Å². The molecule has 1 heteroatoms. The van der Waals surface area contributed by atoms with Gasteiger partial charge in [0.25, 0.3) is 0 Å². The van der Waals surface area contributed by atoms with Crippen molar-refractivity contribution >= 4 is 0 Å². The van der Waals surface area contributed by atoms with Gasteiger partial charge in [-0.2, -0.15) is 0 Å². The fourth-order valence-corrected chi connectivity index (χ4v) is 5.23. The summed E-state index contributed by atoms with van der Waals surface area (Å²) in [5, 5.41) is 3.67. The van der Waals surface area contributed by atoms with E-state index in [4.69, 9.17) is 0 Å². The number of nitrogens with one attached hydrogen (secondary N) is 1. The molecule has 3 rings (SSSR count). The van der Waals surface area contributed by atoms with Crippen LogP contribution in [0.2, 0.25) is 0 Å². The Kier molecular flexibility index (Phi) is 3.98. The van der Waals surface area contributed by atoms with Gasteiger partial charge in [-0.1, -0.05) is 26.2 Å². The second-order valence-electron chi connectivity index (χ2n) is 7.59. The lowest BCUT2D eigenvalue weighted by molar-refractivity contribution is 0.191. The molecule has 3 aliphatic carbocycles. The van der Waals surface area contributed by atoms with E-state index in [1.54, 1.807) is 25.7 Å². The van der Waals surface area contributed by atoms with E-state index < -0.39 is 0 Å². The van der Waals surface area contributed by atoms with Crippen LogP contribution in [0.3, 0.4) is 0 Å². The van der Waals surface area contributed by atoms with Crippen molar-refractivity contribution in [2.24, 2.45) is 29.6 Å². The summed E-state index contributed by atoms with van der Waals surface area (Å²) in [4.78, 5) is 0. The Balaban J connectivity index is 1.53. The van der Waals surface area contributed by atoms with Gasteiger partial charge < -0.3 is 5.32 Å². The summed E-state index contributed by atoms with van der Waals surface area (Å²) >= 11 is 0. The first kappa shape index (κ1) is 13.0. The zero-order valence-corrected chi connectivity index (χ0v) is 12.3. The Morgan fingerprint density at radius 1 is 1.00 bits per heavy atom. The molecule has 3 fully saturated rings. The average Bonchev–Trinajstić information content (AvgIpc) is 2.99. The highest BCUT2D eigenvalue weighted by Gasteiger charge is 2.41. The van der Waals surface area contributed by atoms with Crippen LogP contribution in [0.1, 0.15) is 64.7 Å². The summed E-state index contributed by atoms with van der Waals surface area (Å²) < 4.78 is 0. The topological polar surface area (TPSA) is 12.0 Å². The molecule has 3 aliphatic rings. The van der Waals surface area contributed by atoms with Crippen LogP contribution >= 0.6 is 0 Å². The standard InChI is InChI=1S/C17H31N/c1-12-3-6-14(7-4-12)17(18-2)11-16-10-13-5-8-15(16)9-13/h12-18H,3-11H2,1-2H3. The van der Waals surface area contributed by atoms with Gasteiger partial charge in [0.2, 0.25) is 0 Å². The number of hydrogen-bond acceptors (Lipinski definition) is 1. The molecule has 0 saturated heterocycles.